The topological polar surface area (TPSA) is 58.6 Å². The monoisotopic (exact) mass is 235 g/mol. The van der Waals surface area contributed by atoms with Crippen LogP contribution < -0.4 is 10.1 Å². The Balaban J connectivity index is 2.11. The normalized spacial score (nSPS) is 9.65. The number of ether oxygens (including phenoxy) is 1. The van der Waals surface area contributed by atoms with Gasteiger partial charge in [0.15, 0.2) is 11.5 Å². The fourth-order valence-electron chi connectivity index (χ4n) is 1.27. The molecule has 0 heterocycles. The molecule has 0 saturated heterocycles. The minimum atomic E-state index is -0.161. The van der Waals surface area contributed by atoms with Crippen molar-refractivity contribution in [2.75, 3.05) is 13.2 Å². The van der Waals surface area contributed by atoms with E-state index in [-0.39, 0.29) is 11.7 Å². The molecule has 17 heavy (non-hydrogen) atoms. The molecule has 1 rings (SSSR count). The van der Waals surface area contributed by atoms with Crippen molar-refractivity contribution < 1.29 is 14.6 Å². The summed E-state index contributed by atoms with van der Waals surface area (Å²) in [7, 11) is 0. The van der Waals surface area contributed by atoms with Gasteiger partial charge in [-0.3, -0.25) is 4.79 Å². The zero-order valence-electron chi connectivity index (χ0n) is 9.69. The van der Waals surface area contributed by atoms with Gasteiger partial charge in [-0.15, -0.1) is 0 Å². The number of phenols is 1. The molecule has 0 spiro atoms. The highest BCUT2D eigenvalue weighted by molar-refractivity contribution is 5.86. The van der Waals surface area contributed by atoms with Crippen LogP contribution in [0.25, 0.3) is 0 Å². The second kappa shape index (κ2) is 7.33. The van der Waals surface area contributed by atoms with Gasteiger partial charge in [0.25, 0.3) is 0 Å². The molecule has 1 amide bonds. The molecule has 2 N–H and O–H groups in total. The van der Waals surface area contributed by atoms with Crippen LogP contribution in [-0.4, -0.2) is 24.2 Å². The fourth-order valence-corrected chi connectivity index (χ4v) is 1.27. The van der Waals surface area contributed by atoms with Crippen LogP contribution in [0.4, 0.5) is 0 Å². The van der Waals surface area contributed by atoms with E-state index in [1.807, 2.05) is 0 Å². The van der Waals surface area contributed by atoms with Crippen LogP contribution in [0.3, 0.4) is 0 Å². The van der Waals surface area contributed by atoms with Crippen molar-refractivity contribution in [2.45, 2.75) is 12.8 Å². The first-order valence-electron chi connectivity index (χ1n) is 5.55. The fraction of sp³-hybridized carbons (Fsp3) is 0.308. The van der Waals surface area contributed by atoms with Gasteiger partial charge in [0.1, 0.15) is 0 Å². The lowest BCUT2D eigenvalue weighted by Gasteiger charge is -2.07. The summed E-state index contributed by atoms with van der Waals surface area (Å²) < 4.78 is 5.39. The summed E-state index contributed by atoms with van der Waals surface area (Å²) in [6.45, 7) is 4.48. The molecule has 0 aliphatic heterocycles. The van der Waals surface area contributed by atoms with E-state index in [0.717, 1.165) is 12.8 Å². The molecule has 0 radical (unpaired) electrons. The summed E-state index contributed by atoms with van der Waals surface area (Å²) in [4.78, 5) is 10.8. The second-order valence-electron chi connectivity index (χ2n) is 3.52. The van der Waals surface area contributed by atoms with E-state index in [1.165, 1.54) is 6.08 Å². The smallest absolute Gasteiger partial charge is 0.243 e. The summed E-state index contributed by atoms with van der Waals surface area (Å²) in [6.07, 6.45) is 2.89. The molecule has 0 aliphatic carbocycles. The van der Waals surface area contributed by atoms with Crippen LogP contribution in [0.5, 0.6) is 11.5 Å². The van der Waals surface area contributed by atoms with Gasteiger partial charge >= 0.3 is 0 Å². The standard InChI is InChI=1S/C13H17NO3/c1-2-13(16)14-9-5-6-10-17-12-8-4-3-7-11(12)15/h2-4,7-8,15H,1,5-6,9-10H2,(H,14,16). The predicted molar refractivity (Wildman–Crippen MR) is 66.0 cm³/mol. The number of aromatic hydroxyl groups is 1. The van der Waals surface area contributed by atoms with E-state index < -0.39 is 0 Å². The van der Waals surface area contributed by atoms with Crippen molar-refractivity contribution in [2.24, 2.45) is 0 Å². The number of carbonyl (C=O) groups is 1. The van der Waals surface area contributed by atoms with Crippen molar-refractivity contribution in [1.82, 2.24) is 5.32 Å². The maximum Gasteiger partial charge on any atom is 0.243 e. The average Bonchev–Trinajstić information content (AvgIpc) is 2.35. The second-order valence-corrected chi connectivity index (χ2v) is 3.52. The Kier molecular flexibility index (Phi) is 5.64. The van der Waals surface area contributed by atoms with Gasteiger partial charge in [-0.05, 0) is 31.1 Å². The minimum Gasteiger partial charge on any atom is -0.504 e. The summed E-state index contributed by atoms with van der Waals surface area (Å²) in [6, 6.07) is 6.85. The Bertz CT molecular complexity index is 377. The lowest BCUT2D eigenvalue weighted by molar-refractivity contribution is -0.116. The van der Waals surface area contributed by atoms with Crippen molar-refractivity contribution in [3.05, 3.63) is 36.9 Å². The molecule has 0 fully saturated rings. The third-order valence-electron chi connectivity index (χ3n) is 2.18. The van der Waals surface area contributed by atoms with Gasteiger partial charge in [0, 0.05) is 6.54 Å². The summed E-state index contributed by atoms with van der Waals surface area (Å²) in [5.41, 5.74) is 0. The van der Waals surface area contributed by atoms with E-state index >= 15 is 0 Å². The highest BCUT2D eigenvalue weighted by atomic mass is 16.5. The maximum absolute atomic E-state index is 10.8. The van der Waals surface area contributed by atoms with E-state index in [2.05, 4.69) is 11.9 Å². The number of benzene rings is 1. The van der Waals surface area contributed by atoms with Gasteiger partial charge in [-0.2, -0.15) is 0 Å². The van der Waals surface area contributed by atoms with Gasteiger partial charge in [-0.25, -0.2) is 0 Å². The number of amides is 1. The van der Waals surface area contributed by atoms with Gasteiger partial charge in [-0.1, -0.05) is 18.7 Å². The lowest BCUT2D eigenvalue weighted by atomic mass is 10.3. The van der Waals surface area contributed by atoms with E-state index in [9.17, 15) is 9.90 Å². The number of rotatable bonds is 7. The highest BCUT2D eigenvalue weighted by Crippen LogP contribution is 2.24. The van der Waals surface area contributed by atoms with Crippen LogP contribution in [0.15, 0.2) is 36.9 Å². The summed E-state index contributed by atoms with van der Waals surface area (Å²) in [5.74, 6) is 0.474. The highest BCUT2D eigenvalue weighted by Gasteiger charge is 1.99. The average molecular weight is 235 g/mol. The summed E-state index contributed by atoms with van der Waals surface area (Å²) >= 11 is 0. The maximum atomic E-state index is 10.8. The number of phenolic OH excluding ortho intramolecular Hbond substituents is 1. The van der Waals surface area contributed by atoms with Crippen molar-refractivity contribution in [1.29, 1.82) is 0 Å². The number of hydrogen-bond donors (Lipinski definition) is 2. The minimum absolute atomic E-state index is 0.146. The first kappa shape index (κ1) is 13.1. The number of carbonyl (C=O) groups excluding carboxylic acids is 1. The summed E-state index contributed by atoms with van der Waals surface area (Å²) in [5, 5.41) is 12.1. The molecule has 0 unspecified atom stereocenters. The van der Waals surface area contributed by atoms with Crippen LogP contribution >= 0.6 is 0 Å². The predicted octanol–water partition coefficient (Wildman–Crippen LogP) is 1.85. The van der Waals surface area contributed by atoms with Crippen LogP contribution in [0.1, 0.15) is 12.8 Å². The number of unbranched alkanes of at least 4 members (excludes halogenated alkanes) is 1. The molecule has 0 aromatic heterocycles. The molecule has 0 atom stereocenters. The molecule has 0 aliphatic rings. The van der Waals surface area contributed by atoms with Crippen LogP contribution in [0, 0.1) is 0 Å². The van der Waals surface area contributed by atoms with Crippen molar-refractivity contribution in [3.63, 3.8) is 0 Å². The third-order valence-corrected chi connectivity index (χ3v) is 2.18. The molecule has 92 valence electrons. The number of para-hydroxylation sites is 2. The van der Waals surface area contributed by atoms with E-state index in [4.69, 9.17) is 4.74 Å². The van der Waals surface area contributed by atoms with E-state index in [0.29, 0.717) is 18.9 Å². The van der Waals surface area contributed by atoms with Gasteiger partial charge in [0.2, 0.25) is 5.91 Å². The molecule has 0 bridgehead atoms. The van der Waals surface area contributed by atoms with Crippen LogP contribution in [0.2, 0.25) is 0 Å². The number of hydrogen-bond acceptors (Lipinski definition) is 3. The van der Waals surface area contributed by atoms with Crippen molar-refractivity contribution in [3.8, 4) is 11.5 Å². The third kappa shape index (κ3) is 5.06. The molecule has 1 aromatic carbocycles. The Hall–Kier alpha value is -1.97. The van der Waals surface area contributed by atoms with Crippen molar-refractivity contribution >= 4 is 5.91 Å². The number of nitrogens with one attached hydrogen (secondary N) is 1. The van der Waals surface area contributed by atoms with Gasteiger partial charge in [0.05, 0.1) is 6.61 Å². The zero-order valence-corrected chi connectivity index (χ0v) is 9.69. The molecule has 4 nitrogen and oxygen atoms in total. The van der Waals surface area contributed by atoms with Gasteiger partial charge < -0.3 is 15.2 Å². The Labute approximate surface area is 101 Å². The Morgan fingerprint density at radius 2 is 2.18 bits per heavy atom. The lowest BCUT2D eigenvalue weighted by Crippen LogP contribution is -2.22. The van der Waals surface area contributed by atoms with E-state index in [1.54, 1.807) is 24.3 Å². The molecular weight excluding hydrogens is 218 g/mol. The first-order chi connectivity index (χ1) is 8.24. The Morgan fingerprint density at radius 1 is 1.41 bits per heavy atom. The SMILES string of the molecule is C=CC(=O)NCCCCOc1ccccc1O. The van der Waals surface area contributed by atoms with Crippen LogP contribution in [-0.2, 0) is 4.79 Å². The Morgan fingerprint density at radius 3 is 2.88 bits per heavy atom. The molecule has 1 aromatic rings. The molecule has 0 saturated carbocycles. The largest absolute Gasteiger partial charge is 0.504 e. The first-order valence-corrected chi connectivity index (χ1v) is 5.55. The zero-order chi connectivity index (χ0) is 12.5. The molecular formula is C13H17NO3. The quantitative estimate of drug-likeness (QED) is 0.560. The molecule has 4 heteroatoms.